The third-order valence-electron chi connectivity index (χ3n) is 5.19. The number of carbonyl (C=O) groups excluding carboxylic acids is 1. The summed E-state index contributed by atoms with van der Waals surface area (Å²) in [4.78, 5) is 12.8. The van der Waals surface area contributed by atoms with Gasteiger partial charge in [0.1, 0.15) is 11.5 Å². The summed E-state index contributed by atoms with van der Waals surface area (Å²) in [7, 11) is 3.25. The number of ether oxygens (including phenoxy) is 2. The highest BCUT2D eigenvalue weighted by atomic mass is 16.5. The number of methoxy groups -OCH3 is 2. The van der Waals surface area contributed by atoms with E-state index in [1.165, 1.54) is 5.56 Å². The van der Waals surface area contributed by atoms with E-state index in [9.17, 15) is 4.79 Å². The fraction of sp³-hybridized carbons (Fsp3) is 0.381. The highest BCUT2D eigenvalue weighted by Crippen LogP contribution is 2.58. The molecule has 1 fully saturated rings. The van der Waals surface area contributed by atoms with Crippen LogP contribution in [0.4, 0.5) is 0 Å². The fourth-order valence-corrected chi connectivity index (χ4v) is 3.56. The maximum Gasteiger partial charge on any atom is 0.255 e. The van der Waals surface area contributed by atoms with E-state index in [1.54, 1.807) is 14.2 Å². The molecule has 1 saturated carbocycles. The van der Waals surface area contributed by atoms with Crippen LogP contribution in [0.1, 0.15) is 41.3 Å². The first-order chi connectivity index (χ1) is 11.9. The van der Waals surface area contributed by atoms with Crippen LogP contribution in [0.5, 0.6) is 11.5 Å². The minimum absolute atomic E-state index is 0.0152. The Balaban J connectivity index is 1.78. The largest absolute Gasteiger partial charge is 0.497 e. The zero-order valence-corrected chi connectivity index (χ0v) is 15.4. The summed E-state index contributed by atoms with van der Waals surface area (Å²) in [5, 5.41) is 3.19. The third kappa shape index (κ3) is 3.21. The van der Waals surface area contributed by atoms with E-state index in [0.717, 1.165) is 11.3 Å². The molecule has 0 heterocycles. The number of hydrogen-bond acceptors (Lipinski definition) is 3. The van der Waals surface area contributed by atoms with Gasteiger partial charge in [-0.25, -0.2) is 0 Å². The molecule has 0 spiro atoms. The van der Waals surface area contributed by atoms with Crippen LogP contribution in [0.3, 0.4) is 0 Å². The predicted molar refractivity (Wildman–Crippen MR) is 98.5 cm³/mol. The molecule has 1 N–H and O–H groups in total. The van der Waals surface area contributed by atoms with Crippen LogP contribution in [0.2, 0.25) is 0 Å². The molecule has 2 atom stereocenters. The molecule has 3 rings (SSSR count). The number of benzene rings is 2. The summed E-state index contributed by atoms with van der Waals surface area (Å²) in [5.41, 5.74) is 2.85. The molecule has 4 heteroatoms. The Morgan fingerprint density at radius 1 is 1.04 bits per heavy atom. The van der Waals surface area contributed by atoms with E-state index in [2.05, 4.69) is 31.3 Å². The van der Waals surface area contributed by atoms with Gasteiger partial charge >= 0.3 is 0 Å². The van der Waals surface area contributed by atoms with Gasteiger partial charge in [0.25, 0.3) is 5.91 Å². The molecule has 1 aliphatic rings. The Labute approximate surface area is 149 Å². The van der Waals surface area contributed by atoms with Gasteiger partial charge in [-0.3, -0.25) is 4.79 Å². The van der Waals surface area contributed by atoms with Crippen molar-refractivity contribution in [2.45, 2.75) is 32.7 Å². The predicted octanol–water partition coefficient (Wildman–Crippen LogP) is 3.93. The van der Waals surface area contributed by atoms with Crippen LogP contribution in [-0.2, 0) is 0 Å². The smallest absolute Gasteiger partial charge is 0.255 e. The van der Waals surface area contributed by atoms with Gasteiger partial charge < -0.3 is 14.8 Å². The van der Waals surface area contributed by atoms with E-state index in [-0.39, 0.29) is 23.3 Å². The Hall–Kier alpha value is -2.49. The van der Waals surface area contributed by atoms with Crippen LogP contribution in [0.15, 0.2) is 42.5 Å². The van der Waals surface area contributed by atoms with Crippen molar-refractivity contribution in [2.24, 2.45) is 5.41 Å². The molecule has 0 aromatic heterocycles. The zero-order chi connectivity index (χ0) is 18.2. The second-order valence-electron chi connectivity index (χ2n) is 7.23. The lowest BCUT2D eigenvalue weighted by molar-refractivity contribution is 0.0943. The Morgan fingerprint density at radius 3 is 2.32 bits per heavy atom. The van der Waals surface area contributed by atoms with Crippen molar-refractivity contribution in [2.75, 3.05) is 14.2 Å². The van der Waals surface area contributed by atoms with E-state index in [4.69, 9.17) is 9.47 Å². The number of amides is 1. The van der Waals surface area contributed by atoms with Crippen LogP contribution >= 0.6 is 0 Å². The molecule has 25 heavy (non-hydrogen) atoms. The first-order valence-corrected chi connectivity index (χ1v) is 8.48. The van der Waals surface area contributed by atoms with E-state index in [1.807, 2.05) is 37.3 Å². The van der Waals surface area contributed by atoms with Gasteiger partial charge in [0.2, 0.25) is 0 Å². The first kappa shape index (κ1) is 17.3. The Kier molecular flexibility index (Phi) is 4.46. The van der Waals surface area contributed by atoms with E-state index >= 15 is 0 Å². The fourth-order valence-electron chi connectivity index (χ4n) is 3.56. The Morgan fingerprint density at radius 2 is 1.72 bits per heavy atom. The lowest BCUT2D eigenvalue weighted by atomic mass is 10.0. The lowest BCUT2D eigenvalue weighted by Gasteiger charge is -2.11. The van der Waals surface area contributed by atoms with Crippen LogP contribution in [0, 0.1) is 12.3 Å². The molecule has 0 saturated heterocycles. The number of rotatable bonds is 5. The monoisotopic (exact) mass is 339 g/mol. The average molecular weight is 339 g/mol. The van der Waals surface area contributed by atoms with Gasteiger partial charge in [-0.15, -0.1) is 0 Å². The van der Waals surface area contributed by atoms with Gasteiger partial charge in [0, 0.05) is 12.0 Å². The molecule has 0 bridgehead atoms. The van der Waals surface area contributed by atoms with Crippen LogP contribution < -0.4 is 14.8 Å². The summed E-state index contributed by atoms with van der Waals surface area (Å²) in [5.74, 6) is 1.64. The van der Waals surface area contributed by atoms with Crippen molar-refractivity contribution in [3.05, 3.63) is 59.2 Å². The maximum absolute atomic E-state index is 12.8. The highest BCUT2D eigenvalue weighted by Gasteiger charge is 2.59. The van der Waals surface area contributed by atoms with Crippen molar-refractivity contribution >= 4 is 5.91 Å². The SMILES string of the molecule is COc1ccc(C2C(NC(=O)c3cc(C)ccc3OC)C2(C)C)cc1. The van der Waals surface area contributed by atoms with Crippen LogP contribution in [-0.4, -0.2) is 26.2 Å². The molecule has 4 nitrogen and oxygen atoms in total. The number of carbonyl (C=O) groups is 1. The third-order valence-corrected chi connectivity index (χ3v) is 5.19. The maximum atomic E-state index is 12.8. The average Bonchev–Trinajstić information content (AvgIpc) is 3.15. The molecule has 2 aromatic carbocycles. The van der Waals surface area contributed by atoms with Gasteiger partial charge in [0.15, 0.2) is 0 Å². The van der Waals surface area contributed by atoms with Gasteiger partial charge in [-0.2, -0.15) is 0 Å². The number of nitrogens with one attached hydrogen (secondary N) is 1. The molecule has 2 unspecified atom stereocenters. The van der Waals surface area contributed by atoms with Crippen molar-refractivity contribution < 1.29 is 14.3 Å². The number of hydrogen-bond donors (Lipinski definition) is 1. The molecular weight excluding hydrogens is 314 g/mol. The van der Waals surface area contributed by atoms with Gasteiger partial charge in [0.05, 0.1) is 19.8 Å². The summed E-state index contributed by atoms with van der Waals surface area (Å²) < 4.78 is 10.6. The van der Waals surface area contributed by atoms with Crippen molar-refractivity contribution in [3.8, 4) is 11.5 Å². The molecule has 1 amide bonds. The standard InChI is InChI=1S/C21H25NO3/c1-13-6-11-17(25-5)16(12-13)20(23)22-19-18(21(19,2)3)14-7-9-15(24-4)10-8-14/h6-12,18-19H,1-5H3,(H,22,23). The quantitative estimate of drug-likeness (QED) is 0.898. The molecule has 2 aromatic rings. The summed E-state index contributed by atoms with van der Waals surface area (Å²) in [6.07, 6.45) is 0. The Bertz CT molecular complexity index is 780. The van der Waals surface area contributed by atoms with Gasteiger partial charge in [-0.1, -0.05) is 37.6 Å². The van der Waals surface area contributed by atoms with Crippen molar-refractivity contribution in [1.82, 2.24) is 5.32 Å². The number of aryl methyl sites for hydroxylation is 1. The first-order valence-electron chi connectivity index (χ1n) is 8.48. The topological polar surface area (TPSA) is 47.6 Å². The van der Waals surface area contributed by atoms with Crippen molar-refractivity contribution in [1.29, 1.82) is 0 Å². The lowest BCUT2D eigenvalue weighted by Crippen LogP contribution is -2.29. The summed E-state index contributed by atoms with van der Waals surface area (Å²) in [6.45, 7) is 6.33. The molecular formula is C21H25NO3. The molecule has 1 aliphatic carbocycles. The highest BCUT2D eigenvalue weighted by molar-refractivity contribution is 5.97. The molecule has 0 aliphatic heterocycles. The van der Waals surface area contributed by atoms with Crippen LogP contribution in [0.25, 0.3) is 0 Å². The summed E-state index contributed by atoms with van der Waals surface area (Å²) >= 11 is 0. The minimum Gasteiger partial charge on any atom is -0.497 e. The van der Waals surface area contributed by atoms with Gasteiger partial charge in [-0.05, 0) is 42.2 Å². The normalized spacial score (nSPS) is 20.7. The van der Waals surface area contributed by atoms with E-state index < -0.39 is 0 Å². The molecule has 132 valence electrons. The van der Waals surface area contributed by atoms with Crippen molar-refractivity contribution in [3.63, 3.8) is 0 Å². The molecule has 0 radical (unpaired) electrons. The second-order valence-corrected chi connectivity index (χ2v) is 7.23. The van der Waals surface area contributed by atoms with E-state index in [0.29, 0.717) is 11.3 Å². The minimum atomic E-state index is -0.0883. The summed E-state index contributed by atoms with van der Waals surface area (Å²) in [6, 6.07) is 13.8. The second kappa shape index (κ2) is 6.43. The zero-order valence-electron chi connectivity index (χ0n) is 15.4.